The molecular weight excluding hydrogens is 250 g/mol. The Bertz CT molecular complexity index is 552. The first-order chi connectivity index (χ1) is 9.74. The molecule has 0 aliphatic rings. The van der Waals surface area contributed by atoms with Crippen molar-refractivity contribution in [3.8, 4) is 5.75 Å². The molecular formula is C17H19NO2. The van der Waals surface area contributed by atoms with E-state index < -0.39 is 0 Å². The molecule has 0 radical (unpaired) electrons. The van der Waals surface area contributed by atoms with E-state index in [0.29, 0.717) is 19.4 Å². The van der Waals surface area contributed by atoms with Crippen LogP contribution in [0.15, 0.2) is 54.6 Å². The maximum absolute atomic E-state index is 10.8. The summed E-state index contributed by atoms with van der Waals surface area (Å²) >= 11 is 0. The number of carbonyl (C=O) groups excluding carboxylic acids is 1. The Balaban J connectivity index is 1.83. The Hall–Kier alpha value is -2.29. The zero-order valence-corrected chi connectivity index (χ0v) is 11.4. The van der Waals surface area contributed by atoms with Crippen molar-refractivity contribution in [3.63, 3.8) is 0 Å². The number of primary amides is 1. The second-order valence-electron chi connectivity index (χ2n) is 4.70. The van der Waals surface area contributed by atoms with E-state index in [9.17, 15) is 4.79 Å². The van der Waals surface area contributed by atoms with Gasteiger partial charge in [0, 0.05) is 12.8 Å². The van der Waals surface area contributed by atoms with Gasteiger partial charge < -0.3 is 10.5 Å². The molecule has 2 N–H and O–H groups in total. The van der Waals surface area contributed by atoms with Crippen LogP contribution in [-0.2, 0) is 17.6 Å². The van der Waals surface area contributed by atoms with Gasteiger partial charge in [-0.3, -0.25) is 4.79 Å². The molecule has 2 aromatic rings. The van der Waals surface area contributed by atoms with Gasteiger partial charge in [-0.25, -0.2) is 0 Å². The summed E-state index contributed by atoms with van der Waals surface area (Å²) in [6.07, 6.45) is 1.91. The number of carbonyl (C=O) groups is 1. The molecule has 3 nitrogen and oxygen atoms in total. The second-order valence-corrected chi connectivity index (χ2v) is 4.70. The highest BCUT2D eigenvalue weighted by Crippen LogP contribution is 2.15. The Kier molecular flexibility index (Phi) is 5.18. The van der Waals surface area contributed by atoms with E-state index in [2.05, 4.69) is 12.1 Å². The Morgan fingerprint density at radius 1 is 0.950 bits per heavy atom. The summed E-state index contributed by atoms with van der Waals surface area (Å²) in [7, 11) is 0. The third-order valence-electron chi connectivity index (χ3n) is 3.06. The van der Waals surface area contributed by atoms with Crippen LogP contribution in [0.4, 0.5) is 0 Å². The molecule has 3 heteroatoms. The standard InChI is InChI=1S/C17H19NO2/c18-17(19)10-9-15-7-4-8-16(13-15)20-12-11-14-5-2-1-3-6-14/h1-8,13H,9-12H2,(H2,18,19). The third kappa shape index (κ3) is 4.76. The fraction of sp³-hybridized carbons (Fsp3) is 0.235. The highest BCUT2D eigenvalue weighted by atomic mass is 16.5. The minimum Gasteiger partial charge on any atom is -0.493 e. The van der Waals surface area contributed by atoms with Crippen LogP contribution in [0.25, 0.3) is 0 Å². The molecule has 0 spiro atoms. The quantitative estimate of drug-likeness (QED) is 0.840. The van der Waals surface area contributed by atoms with E-state index in [1.165, 1.54) is 5.56 Å². The average molecular weight is 269 g/mol. The molecule has 0 saturated heterocycles. The summed E-state index contributed by atoms with van der Waals surface area (Å²) in [4.78, 5) is 10.8. The van der Waals surface area contributed by atoms with E-state index in [-0.39, 0.29) is 5.91 Å². The molecule has 0 unspecified atom stereocenters. The van der Waals surface area contributed by atoms with Crippen molar-refractivity contribution in [3.05, 3.63) is 65.7 Å². The first-order valence-electron chi connectivity index (χ1n) is 6.78. The second kappa shape index (κ2) is 7.34. The molecule has 0 fully saturated rings. The largest absolute Gasteiger partial charge is 0.493 e. The van der Waals surface area contributed by atoms with Gasteiger partial charge >= 0.3 is 0 Å². The number of nitrogens with two attached hydrogens (primary N) is 1. The topological polar surface area (TPSA) is 52.3 Å². The van der Waals surface area contributed by atoms with Crippen LogP contribution in [0.1, 0.15) is 17.5 Å². The number of ether oxygens (including phenoxy) is 1. The van der Waals surface area contributed by atoms with Gasteiger partial charge in [-0.1, -0.05) is 42.5 Å². The zero-order chi connectivity index (χ0) is 14.2. The summed E-state index contributed by atoms with van der Waals surface area (Å²) < 4.78 is 5.74. The van der Waals surface area contributed by atoms with Crippen molar-refractivity contribution in [1.82, 2.24) is 0 Å². The molecule has 1 amide bonds. The van der Waals surface area contributed by atoms with Gasteiger partial charge in [0.15, 0.2) is 0 Å². The third-order valence-corrected chi connectivity index (χ3v) is 3.06. The van der Waals surface area contributed by atoms with Crippen LogP contribution in [0.3, 0.4) is 0 Å². The van der Waals surface area contributed by atoms with Gasteiger partial charge in [0.25, 0.3) is 0 Å². The number of rotatable bonds is 7. The minimum atomic E-state index is -0.277. The van der Waals surface area contributed by atoms with E-state index in [4.69, 9.17) is 10.5 Å². The lowest BCUT2D eigenvalue weighted by atomic mass is 10.1. The SMILES string of the molecule is NC(=O)CCc1cccc(OCCc2ccccc2)c1. The first-order valence-corrected chi connectivity index (χ1v) is 6.78. The van der Waals surface area contributed by atoms with E-state index in [1.807, 2.05) is 42.5 Å². The number of aryl methyl sites for hydroxylation is 1. The van der Waals surface area contributed by atoms with E-state index in [1.54, 1.807) is 0 Å². The lowest BCUT2D eigenvalue weighted by molar-refractivity contribution is -0.117. The van der Waals surface area contributed by atoms with Gasteiger partial charge in [-0.05, 0) is 29.7 Å². The molecule has 2 aromatic carbocycles. The molecule has 0 bridgehead atoms. The summed E-state index contributed by atoms with van der Waals surface area (Å²) in [5.41, 5.74) is 7.48. The van der Waals surface area contributed by atoms with Crippen molar-refractivity contribution in [2.24, 2.45) is 5.73 Å². The van der Waals surface area contributed by atoms with Crippen LogP contribution >= 0.6 is 0 Å². The normalized spacial score (nSPS) is 10.2. The molecule has 0 aliphatic carbocycles. The predicted octanol–water partition coefficient (Wildman–Crippen LogP) is 2.73. The molecule has 0 heterocycles. The lowest BCUT2D eigenvalue weighted by Gasteiger charge is -2.08. The summed E-state index contributed by atoms with van der Waals surface area (Å²) in [5.74, 6) is 0.559. The van der Waals surface area contributed by atoms with E-state index in [0.717, 1.165) is 17.7 Å². The van der Waals surface area contributed by atoms with Gasteiger partial charge in [0.05, 0.1) is 6.61 Å². The van der Waals surface area contributed by atoms with Crippen LogP contribution in [0.2, 0.25) is 0 Å². The summed E-state index contributed by atoms with van der Waals surface area (Å²) in [6, 6.07) is 18.1. The Morgan fingerprint density at radius 3 is 2.45 bits per heavy atom. The lowest BCUT2D eigenvalue weighted by Crippen LogP contribution is -2.11. The van der Waals surface area contributed by atoms with Crippen molar-refractivity contribution < 1.29 is 9.53 Å². The number of hydrogen-bond donors (Lipinski definition) is 1. The maximum atomic E-state index is 10.8. The molecule has 0 saturated carbocycles. The zero-order valence-electron chi connectivity index (χ0n) is 11.4. The summed E-state index contributed by atoms with van der Waals surface area (Å²) in [5, 5.41) is 0. The molecule has 20 heavy (non-hydrogen) atoms. The fourth-order valence-corrected chi connectivity index (χ4v) is 1.99. The van der Waals surface area contributed by atoms with Gasteiger partial charge in [-0.15, -0.1) is 0 Å². The van der Waals surface area contributed by atoms with Gasteiger partial charge in [0.2, 0.25) is 5.91 Å². The van der Waals surface area contributed by atoms with Crippen molar-refractivity contribution in [1.29, 1.82) is 0 Å². The van der Waals surface area contributed by atoms with Gasteiger partial charge in [-0.2, -0.15) is 0 Å². The maximum Gasteiger partial charge on any atom is 0.217 e. The fourth-order valence-electron chi connectivity index (χ4n) is 1.99. The number of benzene rings is 2. The highest BCUT2D eigenvalue weighted by molar-refractivity contribution is 5.74. The summed E-state index contributed by atoms with van der Waals surface area (Å²) in [6.45, 7) is 0.642. The van der Waals surface area contributed by atoms with E-state index >= 15 is 0 Å². The highest BCUT2D eigenvalue weighted by Gasteiger charge is 2.00. The number of amides is 1. The predicted molar refractivity (Wildman–Crippen MR) is 79.6 cm³/mol. The van der Waals surface area contributed by atoms with Crippen LogP contribution in [0, 0.1) is 0 Å². The van der Waals surface area contributed by atoms with Crippen molar-refractivity contribution in [2.45, 2.75) is 19.3 Å². The van der Waals surface area contributed by atoms with Crippen LogP contribution in [0.5, 0.6) is 5.75 Å². The minimum absolute atomic E-state index is 0.277. The monoisotopic (exact) mass is 269 g/mol. The smallest absolute Gasteiger partial charge is 0.217 e. The average Bonchev–Trinajstić information content (AvgIpc) is 2.47. The van der Waals surface area contributed by atoms with Crippen molar-refractivity contribution in [2.75, 3.05) is 6.61 Å². The molecule has 0 atom stereocenters. The molecule has 104 valence electrons. The van der Waals surface area contributed by atoms with Crippen LogP contribution in [-0.4, -0.2) is 12.5 Å². The van der Waals surface area contributed by atoms with Gasteiger partial charge in [0.1, 0.15) is 5.75 Å². The first kappa shape index (κ1) is 14.1. The Morgan fingerprint density at radius 2 is 1.70 bits per heavy atom. The Labute approximate surface area is 119 Å². The molecule has 0 aliphatic heterocycles. The molecule has 0 aromatic heterocycles. The number of hydrogen-bond acceptors (Lipinski definition) is 2. The molecule has 2 rings (SSSR count). The van der Waals surface area contributed by atoms with Crippen LogP contribution < -0.4 is 10.5 Å². The van der Waals surface area contributed by atoms with Crippen molar-refractivity contribution >= 4 is 5.91 Å².